The second-order valence-corrected chi connectivity index (χ2v) is 4.92. The Morgan fingerprint density at radius 2 is 1.88 bits per heavy atom. The maximum Gasteiger partial charge on any atom is 0.337 e. The zero-order chi connectivity index (χ0) is 17.1. The zero-order valence-electron chi connectivity index (χ0n) is 12.7. The fraction of sp³-hybridized carbons (Fsp3) is 0.0588. The number of nitrogens with one attached hydrogen (secondary N) is 1. The van der Waals surface area contributed by atoms with Crippen LogP contribution in [0.2, 0.25) is 0 Å². The van der Waals surface area contributed by atoms with E-state index < -0.39 is 5.97 Å². The molecular formula is C17H14N2O5. The molecule has 0 unspecified atom stereocenters. The Balaban J connectivity index is 1.87. The topological polar surface area (TPSA) is 105 Å². The summed E-state index contributed by atoms with van der Waals surface area (Å²) in [7, 11) is 1.31. The number of aromatic hydroxyl groups is 2. The van der Waals surface area contributed by atoms with Crippen LogP contribution < -0.4 is 4.74 Å². The van der Waals surface area contributed by atoms with Gasteiger partial charge in [-0.1, -0.05) is 0 Å². The van der Waals surface area contributed by atoms with E-state index in [-0.39, 0.29) is 11.5 Å². The van der Waals surface area contributed by atoms with E-state index >= 15 is 0 Å². The van der Waals surface area contributed by atoms with Gasteiger partial charge in [0.25, 0.3) is 0 Å². The number of aromatic nitrogens is 2. The first-order valence-electron chi connectivity index (χ1n) is 7.01. The summed E-state index contributed by atoms with van der Waals surface area (Å²) in [6.45, 7) is 0. The summed E-state index contributed by atoms with van der Waals surface area (Å²) in [6.07, 6.45) is 1.54. The Morgan fingerprint density at radius 3 is 2.54 bits per heavy atom. The number of esters is 1. The average Bonchev–Trinajstić information content (AvgIpc) is 3.03. The van der Waals surface area contributed by atoms with Gasteiger partial charge in [0.05, 0.1) is 18.9 Å². The minimum Gasteiger partial charge on any atom is -0.508 e. The van der Waals surface area contributed by atoms with Crippen LogP contribution in [0.15, 0.2) is 48.7 Å². The summed E-state index contributed by atoms with van der Waals surface area (Å²) < 4.78 is 10.4. The molecule has 0 radical (unpaired) electrons. The highest BCUT2D eigenvalue weighted by molar-refractivity contribution is 5.89. The summed E-state index contributed by atoms with van der Waals surface area (Å²) in [5.74, 6) is 0.283. The van der Waals surface area contributed by atoms with Crippen molar-refractivity contribution >= 4 is 5.97 Å². The highest BCUT2D eigenvalue weighted by atomic mass is 16.5. The number of hydrogen-bond donors (Lipinski definition) is 3. The molecule has 3 aromatic rings. The van der Waals surface area contributed by atoms with Crippen molar-refractivity contribution in [3.63, 3.8) is 0 Å². The molecule has 0 aliphatic rings. The summed E-state index contributed by atoms with van der Waals surface area (Å²) in [4.78, 5) is 11.4. The number of carbonyl (C=O) groups excluding carboxylic acids is 1. The number of H-pyrrole nitrogens is 1. The van der Waals surface area contributed by atoms with Gasteiger partial charge in [0.2, 0.25) is 0 Å². The van der Waals surface area contributed by atoms with Gasteiger partial charge >= 0.3 is 5.97 Å². The van der Waals surface area contributed by atoms with Gasteiger partial charge < -0.3 is 19.7 Å². The fourth-order valence-corrected chi connectivity index (χ4v) is 2.17. The Morgan fingerprint density at radius 1 is 1.12 bits per heavy atom. The van der Waals surface area contributed by atoms with E-state index in [0.717, 1.165) is 0 Å². The standard InChI is InChI=1S/C17H14N2O5/c1-23-17(22)10-2-5-12(6-3-10)24-15-9-18-19-16(15)13-7-4-11(20)8-14(13)21/h2-9,20-21H,1H3,(H,18,19). The molecular weight excluding hydrogens is 312 g/mol. The highest BCUT2D eigenvalue weighted by Crippen LogP contribution is 2.37. The Hall–Kier alpha value is -3.48. The number of phenolic OH excluding ortho intramolecular Hbond substituents is 2. The summed E-state index contributed by atoms with van der Waals surface area (Å²) in [6, 6.07) is 10.6. The first-order chi connectivity index (χ1) is 11.6. The molecule has 0 atom stereocenters. The molecule has 122 valence electrons. The van der Waals surface area contributed by atoms with Gasteiger partial charge in [0, 0.05) is 11.6 Å². The molecule has 0 saturated carbocycles. The van der Waals surface area contributed by atoms with Crippen molar-refractivity contribution < 1.29 is 24.5 Å². The van der Waals surface area contributed by atoms with E-state index in [9.17, 15) is 15.0 Å². The summed E-state index contributed by atoms with van der Waals surface area (Å²) >= 11 is 0. The van der Waals surface area contributed by atoms with Gasteiger partial charge in [-0.3, -0.25) is 5.10 Å². The zero-order valence-corrected chi connectivity index (χ0v) is 12.7. The number of phenols is 2. The highest BCUT2D eigenvalue weighted by Gasteiger charge is 2.15. The van der Waals surface area contributed by atoms with Crippen LogP contribution in [-0.4, -0.2) is 33.5 Å². The molecule has 0 saturated heterocycles. The van der Waals surface area contributed by atoms with Gasteiger partial charge in [-0.05, 0) is 36.4 Å². The summed E-state index contributed by atoms with van der Waals surface area (Å²) in [5.41, 5.74) is 1.22. The van der Waals surface area contributed by atoms with E-state index in [1.54, 1.807) is 24.3 Å². The number of methoxy groups -OCH3 is 1. The van der Waals surface area contributed by atoms with Crippen LogP contribution in [0.25, 0.3) is 11.3 Å². The quantitative estimate of drug-likeness (QED) is 0.636. The fourth-order valence-electron chi connectivity index (χ4n) is 2.17. The SMILES string of the molecule is COC(=O)c1ccc(Oc2c[nH]nc2-c2ccc(O)cc2O)cc1. The average molecular weight is 326 g/mol. The molecule has 0 aliphatic carbocycles. The Kier molecular flexibility index (Phi) is 4.07. The maximum atomic E-state index is 11.4. The largest absolute Gasteiger partial charge is 0.508 e. The Bertz CT molecular complexity index is 871. The number of benzene rings is 2. The number of nitrogens with zero attached hydrogens (tertiary/aromatic N) is 1. The number of ether oxygens (including phenoxy) is 2. The van der Waals surface area contributed by atoms with Crippen molar-refractivity contribution in [3.05, 3.63) is 54.2 Å². The van der Waals surface area contributed by atoms with Crippen LogP contribution in [0, 0.1) is 0 Å². The molecule has 0 bridgehead atoms. The van der Waals surface area contributed by atoms with E-state index in [1.165, 1.54) is 31.5 Å². The molecule has 7 heteroatoms. The van der Waals surface area contributed by atoms with Crippen LogP contribution in [0.3, 0.4) is 0 Å². The van der Waals surface area contributed by atoms with Crippen LogP contribution in [0.5, 0.6) is 23.0 Å². The lowest BCUT2D eigenvalue weighted by atomic mass is 10.1. The molecule has 1 heterocycles. The third-order valence-electron chi connectivity index (χ3n) is 3.35. The molecule has 0 spiro atoms. The number of aromatic amines is 1. The van der Waals surface area contributed by atoms with E-state index in [0.29, 0.717) is 28.3 Å². The van der Waals surface area contributed by atoms with Gasteiger partial charge in [-0.25, -0.2) is 4.79 Å². The van der Waals surface area contributed by atoms with E-state index in [4.69, 9.17) is 4.74 Å². The van der Waals surface area contributed by atoms with Gasteiger partial charge in [-0.2, -0.15) is 5.10 Å². The molecule has 0 fully saturated rings. The predicted octanol–water partition coefficient (Wildman–Crippen LogP) is 3.07. The second-order valence-electron chi connectivity index (χ2n) is 4.92. The lowest BCUT2D eigenvalue weighted by Gasteiger charge is -2.08. The molecule has 7 nitrogen and oxygen atoms in total. The molecule has 2 aromatic carbocycles. The van der Waals surface area contributed by atoms with E-state index in [2.05, 4.69) is 14.9 Å². The van der Waals surface area contributed by atoms with Crippen LogP contribution in [0.1, 0.15) is 10.4 Å². The minimum atomic E-state index is -0.431. The van der Waals surface area contributed by atoms with Crippen molar-refractivity contribution in [1.29, 1.82) is 0 Å². The van der Waals surface area contributed by atoms with Gasteiger partial charge in [-0.15, -0.1) is 0 Å². The third kappa shape index (κ3) is 3.00. The maximum absolute atomic E-state index is 11.4. The smallest absolute Gasteiger partial charge is 0.337 e. The second kappa shape index (κ2) is 6.33. The van der Waals surface area contributed by atoms with Gasteiger partial charge in [0.15, 0.2) is 5.75 Å². The normalized spacial score (nSPS) is 10.4. The molecule has 0 aliphatic heterocycles. The molecule has 1 aromatic heterocycles. The van der Waals surface area contributed by atoms with E-state index in [1.807, 2.05) is 0 Å². The lowest BCUT2D eigenvalue weighted by molar-refractivity contribution is 0.0600. The van der Waals surface area contributed by atoms with Crippen LogP contribution in [-0.2, 0) is 4.74 Å². The number of rotatable bonds is 4. The lowest BCUT2D eigenvalue weighted by Crippen LogP contribution is -2.00. The molecule has 0 amide bonds. The van der Waals surface area contributed by atoms with Crippen molar-refractivity contribution in [1.82, 2.24) is 10.2 Å². The van der Waals surface area contributed by atoms with Crippen molar-refractivity contribution in [2.45, 2.75) is 0 Å². The molecule has 3 N–H and O–H groups in total. The monoisotopic (exact) mass is 326 g/mol. The molecule has 3 rings (SSSR count). The van der Waals surface area contributed by atoms with Crippen LogP contribution >= 0.6 is 0 Å². The van der Waals surface area contributed by atoms with Crippen molar-refractivity contribution in [2.75, 3.05) is 7.11 Å². The van der Waals surface area contributed by atoms with Crippen LogP contribution in [0.4, 0.5) is 0 Å². The van der Waals surface area contributed by atoms with Gasteiger partial charge in [0.1, 0.15) is 22.9 Å². The first kappa shape index (κ1) is 15.4. The number of carbonyl (C=O) groups is 1. The third-order valence-corrected chi connectivity index (χ3v) is 3.35. The Labute approximate surface area is 137 Å². The predicted molar refractivity (Wildman–Crippen MR) is 85.2 cm³/mol. The minimum absolute atomic E-state index is 0.0485. The van der Waals surface area contributed by atoms with Crippen molar-refractivity contribution in [3.8, 4) is 34.3 Å². The first-order valence-corrected chi connectivity index (χ1v) is 7.01. The number of hydrogen-bond acceptors (Lipinski definition) is 6. The van der Waals surface area contributed by atoms with Crippen molar-refractivity contribution in [2.24, 2.45) is 0 Å². The molecule has 24 heavy (non-hydrogen) atoms. The summed E-state index contributed by atoms with van der Waals surface area (Å²) in [5, 5.41) is 26.1.